The van der Waals surface area contributed by atoms with Gasteiger partial charge in [-0.1, -0.05) is 0 Å². The van der Waals surface area contributed by atoms with E-state index in [4.69, 9.17) is 4.74 Å². The summed E-state index contributed by atoms with van der Waals surface area (Å²) in [6, 6.07) is 1.58. The van der Waals surface area contributed by atoms with Gasteiger partial charge < -0.3 is 15.0 Å². The van der Waals surface area contributed by atoms with E-state index in [1.54, 1.807) is 24.3 Å². The Morgan fingerprint density at radius 1 is 1.35 bits per heavy atom. The number of aromatic nitrogens is 1. The van der Waals surface area contributed by atoms with Crippen molar-refractivity contribution in [1.29, 1.82) is 0 Å². The molecule has 1 N–H and O–H groups in total. The lowest BCUT2D eigenvalue weighted by Crippen LogP contribution is -2.73. The highest BCUT2D eigenvalue weighted by molar-refractivity contribution is 5.94. The largest absolute Gasteiger partial charge is 0.368 e. The van der Waals surface area contributed by atoms with Crippen LogP contribution in [0, 0.1) is 6.92 Å². The molecule has 2 fully saturated rings. The summed E-state index contributed by atoms with van der Waals surface area (Å²) in [5.41, 5.74) is 1.21. The molecule has 1 atom stereocenters. The highest BCUT2D eigenvalue weighted by Gasteiger charge is 2.51. The van der Waals surface area contributed by atoms with E-state index in [2.05, 4.69) is 10.3 Å². The van der Waals surface area contributed by atoms with Crippen LogP contribution in [0.2, 0.25) is 0 Å². The van der Waals surface area contributed by atoms with Crippen molar-refractivity contribution in [2.75, 3.05) is 40.3 Å². The van der Waals surface area contributed by atoms with Gasteiger partial charge in [0.25, 0.3) is 5.91 Å². The first kappa shape index (κ1) is 15.9. The molecule has 0 unspecified atom stereocenters. The first-order valence-electron chi connectivity index (χ1n) is 7.71. The van der Waals surface area contributed by atoms with Crippen LogP contribution in [-0.4, -0.2) is 78.6 Å². The summed E-state index contributed by atoms with van der Waals surface area (Å²) in [6.45, 7) is 4.00. The van der Waals surface area contributed by atoms with Crippen LogP contribution in [0.15, 0.2) is 18.5 Å². The first-order valence-corrected chi connectivity index (χ1v) is 7.71. The summed E-state index contributed by atoms with van der Waals surface area (Å²) in [4.78, 5) is 32.1. The molecule has 0 saturated carbocycles. The average Bonchev–Trinajstić information content (AvgIpc) is 2.51. The molecule has 2 aliphatic rings. The minimum atomic E-state index is -0.355. The number of hydrogen-bond donors (Lipinski definition) is 1. The van der Waals surface area contributed by atoms with Gasteiger partial charge in [-0.15, -0.1) is 0 Å². The van der Waals surface area contributed by atoms with Crippen LogP contribution >= 0.6 is 0 Å². The predicted octanol–water partition coefficient (Wildman–Crippen LogP) is -0.339. The molecule has 1 aromatic rings. The van der Waals surface area contributed by atoms with E-state index in [9.17, 15) is 9.59 Å². The van der Waals surface area contributed by atoms with Crippen molar-refractivity contribution in [3.05, 3.63) is 29.6 Å². The van der Waals surface area contributed by atoms with Crippen LogP contribution in [-0.2, 0) is 9.53 Å². The zero-order chi connectivity index (χ0) is 16.6. The second-order valence-electron chi connectivity index (χ2n) is 6.45. The third-order valence-corrected chi connectivity index (χ3v) is 4.53. The zero-order valence-corrected chi connectivity index (χ0v) is 13.7. The molecule has 1 spiro atoms. The Bertz CT molecular complexity index is 628. The Kier molecular flexibility index (Phi) is 4.08. The van der Waals surface area contributed by atoms with E-state index in [1.165, 1.54) is 0 Å². The average molecular weight is 318 g/mol. The molecule has 1 aromatic heterocycles. The van der Waals surface area contributed by atoms with Crippen molar-refractivity contribution >= 4 is 11.8 Å². The minimum absolute atomic E-state index is 0.0218. The second kappa shape index (κ2) is 5.90. The SMILES string of the molecule is CNC(=O)[C@@H]1COC2(CN(C(=O)c3cncc(C)c3)C2)CN1C. The standard InChI is InChI=1S/C16H22N4O3/c1-11-4-12(6-18-5-11)15(22)20-9-16(10-20)8-19(3)13(7-23-16)14(21)17-2/h4-6,13H,7-10H2,1-3H3,(H,17,21)/t13-/m0/s1. The lowest BCUT2D eigenvalue weighted by Gasteiger charge is -2.54. The summed E-state index contributed by atoms with van der Waals surface area (Å²) in [5, 5.41) is 2.65. The number of nitrogens with zero attached hydrogens (tertiary/aromatic N) is 3. The zero-order valence-electron chi connectivity index (χ0n) is 13.7. The summed E-state index contributed by atoms with van der Waals surface area (Å²) >= 11 is 0. The third kappa shape index (κ3) is 2.94. The monoisotopic (exact) mass is 318 g/mol. The number of likely N-dealkylation sites (tertiary alicyclic amines) is 1. The molecular formula is C16H22N4O3. The lowest BCUT2D eigenvalue weighted by molar-refractivity contribution is -0.187. The maximum absolute atomic E-state index is 12.5. The number of hydrogen-bond acceptors (Lipinski definition) is 5. The number of pyridine rings is 1. The fourth-order valence-electron chi connectivity index (χ4n) is 3.27. The third-order valence-electron chi connectivity index (χ3n) is 4.53. The van der Waals surface area contributed by atoms with E-state index in [-0.39, 0.29) is 23.5 Å². The van der Waals surface area contributed by atoms with Crippen molar-refractivity contribution in [2.24, 2.45) is 0 Å². The molecule has 2 amide bonds. The van der Waals surface area contributed by atoms with Crippen LogP contribution in [0.25, 0.3) is 0 Å². The number of ether oxygens (including phenoxy) is 1. The number of nitrogens with one attached hydrogen (secondary N) is 1. The lowest BCUT2D eigenvalue weighted by atomic mass is 9.90. The number of likely N-dealkylation sites (N-methyl/N-ethyl adjacent to an activating group) is 2. The fraction of sp³-hybridized carbons (Fsp3) is 0.562. The molecule has 124 valence electrons. The van der Waals surface area contributed by atoms with Crippen molar-refractivity contribution in [2.45, 2.75) is 18.6 Å². The number of rotatable bonds is 2. The highest BCUT2D eigenvalue weighted by Crippen LogP contribution is 2.31. The van der Waals surface area contributed by atoms with Gasteiger partial charge in [-0.3, -0.25) is 19.5 Å². The Balaban J connectivity index is 1.61. The molecule has 3 rings (SSSR count). The van der Waals surface area contributed by atoms with Gasteiger partial charge in [0.15, 0.2) is 0 Å². The van der Waals surface area contributed by atoms with E-state index in [0.29, 0.717) is 31.8 Å². The van der Waals surface area contributed by atoms with Gasteiger partial charge >= 0.3 is 0 Å². The van der Waals surface area contributed by atoms with E-state index < -0.39 is 0 Å². The Morgan fingerprint density at radius 2 is 2.09 bits per heavy atom. The molecule has 7 heteroatoms. The molecule has 2 saturated heterocycles. The quantitative estimate of drug-likeness (QED) is 0.808. The van der Waals surface area contributed by atoms with Gasteiger partial charge in [-0.25, -0.2) is 0 Å². The van der Waals surface area contributed by atoms with E-state index >= 15 is 0 Å². The van der Waals surface area contributed by atoms with Gasteiger partial charge in [-0.2, -0.15) is 0 Å². The maximum Gasteiger partial charge on any atom is 0.255 e. The normalized spacial score (nSPS) is 23.4. The second-order valence-corrected chi connectivity index (χ2v) is 6.45. The molecule has 7 nitrogen and oxygen atoms in total. The molecule has 2 aliphatic heterocycles. The van der Waals surface area contributed by atoms with Gasteiger partial charge in [-0.05, 0) is 25.6 Å². The van der Waals surface area contributed by atoms with E-state index in [0.717, 1.165) is 5.56 Å². The Morgan fingerprint density at radius 3 is 2.70 bits per heavy atom. The molecular weight excluding hydrogens is 296 g/mol. The Labute approximate surface area is 135 Å². The number of amides is 2. The van der Waals surface area contributed by atoms with Crippen molar-refractivity contribution in [3.63, 3.8) is 0 Å². The highest BCUT2D eigenvalue weighted by atomic mass is 16.5. The molecule has 0 radical (unpaired) electrons. The van der Waals surface area contributed by atoms with Crippen LogP contribution in [0.3, 0.4) is 0 Å². The minimum Gasteiger partial charge on any atom is -0.368 e. The Hall–Kier alpha value is -1.99. The summed E-state index contributed by atoms with van der Waals surface area (Å²) in [7, 11) is 3.54. The van der Waals surface area contributed by atoms with Crippen molar-refractivity contribution in [1.82, 2.24) is 20.1 Å². The predicted molar refractivity (Wildman–Crippen MR) is 84.0 cm³/mol. The topological polar surface area (TPSA) is 74.8 Å². The number of carbonyl (C=O) groups is 2. The molecule has 0 aliphatic carbocycles. The van der Waals surface area contributed by atoms with Crippen molar-refractivity contribution < 1.29 is 14.3 Å². The fourth-order valence-corrected chi connectivity index (χ4v) is 3.27. The first-order chi connectivity index (χ1) is 10.9. The summed E-state index contributed by atoms with van der Waals surface area (Å²) in [6.07, 6.45) is 3.32. The van der Waals surface area contributed by atoms with Crippen LogP contribution in [0.5, 0.6) is 0 Å². The number of carbonyl (C=O) groups excluding carboxylic acids is 2. The molecule has 3 heterocycles. The van der Waals surface area contributed by atoms with Crippen LogP contribution in [0.1, 0.15) is 15.9 Å². The van der Waals surface area contributed by atoms with Crippen LogP contribution in [0.4, 0.5) is 0 Å². The molecule has 0 bridgehead atoms. The molecule has 23 heavy (non-hydrogen) atoms. The maximum atomic E-state index is 12.5. The summed E-state index contributed by atoms with van der Waals surface area (Å²) in [5.74, 6) is -0.0630. The molecule has 0 aromatic carbocycles. The van der Waals surface area contributed by atoms with Crippen LogP contribution < -0.4 is 5.32 Å². The van der Waals surface area contributed by atoms with E-state index in [1.807, 2.05) is 24.9 Å². The van der Waals surface area contributed by atoms with Gasteiger partial charge in [0, 0.05) is 26.0 Å². The number of morpholine rings is 1. The number of aryl methyl sites for hydroxylation is 1. The van der Waals surface area contributed by atoms with Gasteiger partial charge in [0.1, 0.15) is 11.6 Å². The van der Waals surface area contributed by atoms with Gasteiger partial charge in [0.05, 0.1) is 25.3 Å². The smallest absolute Gasteiger partial charge is 0.255 e. The van der Waals surface area contributed by atoms with Crippen molar-refractivity contribution in [3.8, 4) is 0 Å². The summed E-state index contributed by atoms with van der Waals surface area (Å²) < 4.78 is 5.94. The van der Waals surface area contributed by atoms with Gasteiger partial charge in [0.2, 0.25) is 5.91 Å².